The van der Waals surface area contributed by atoms with E-state index in [1.165, 1.54) is 27.8 Å². The van der Waals surface area contributed by atoms with Crippen LogP contribution < -0.4 is 10.6 Å². The summed E-state index contributed by atoms with van der Waals surface area (Å²) in [6.07, 6.45) is 1.25. The van der Waals surface area contributed by atoms with Crippen molar-refractivity contribution in [3.8, 4) is 0 Å². The van der Waals surface area contributed by atoms with Crippen LogP contribution in [0.1, 0.15) is 58.8 Å². The molecule has 1 aromatic carbocycles. The number of aromatic nitrogens is 1. The fourth-order valence-electron chi connectivity index (χ4n) is 7.46. The average Bonchev–Trinajstić information content (AvgIpc) is 3.73. The molecule has 49 heavy (non-hydrogen) atoms. The lowest BCUT2D eigenvalue weighted by Crippen LogP contribution is -2.53. The molecule has 1 aromatic heterocycles. The summed E-state index contributed by atoms with van der Waals surface area (Å²) in [5, 5.41) is 30.0. The first-order chi connectivity index (χ1) is 23.4. The third kappa shape index (κ3) is 8.20. The maximum absolute atomic E-state index is 14.4. The molecule has 8 unspecified atom stereocenters. The minimum absolute atomic E-state index is 0.0121. The van der Waals surface area contributed by atoms with Crippen LogP contribution in [0.5, 0.6) is 0 Å². The Kier molecular flexibility index (Phi) is 10.5. The maximum atomic E-state index is 14.4. The number of aliphatic hydroxyl groups is 2. The van der Waals surface area contributed by atoms with E-state index in [0.717, 1.165) is 48.0 Å². The Morgan fingerprint density at radius 1 is 1.16 bits per heavy atom. The van der Waals surface area contributed by atoms with Crippen LogP contribution in [-0.2, 0) is 24.2 Å². The molecular weight excluding hydrogens is 679 g/mol. The molecule has 270 valence electrons. The lowest BCUT2D eigenvalue weighted by molar-refractivity contribution is -0.204. The number of halogens is 2. The molecule has 4 N–H and O–H groups in total. The number of nitrogens with one attached hydrogen (secondary N) is 2. The number of nitrogens with zero attached hydrogens (tertiary/aromatic N) is 2. The van der Waals surface area contributed by atoms with E-state index in [4.69, 9.17) is 14.2 Å². The fourth-order valence-corrected chi connectivity index (χ4v) is 10.2. The van der Waals surface area contributed by atoms with E-state index in [2.05, 4.69) is 15.6 Å². The van der Waals surface area contributed by atoms with Gasteiger partial charge in [-0.2, -0.15) is 4.31 Å². The zero-order chi connectivity index (χ0) is 34.4. The molecule has 5 fully saturated rings. The van der Waals surface area contributed by atoms with Gasteiger partial charge in [0.25, 0.3) is 0 Å². The molecule has 3 saturated heterocycles. The van der Waals surface area contributed by atoms with E-state index in [0.29, 0.717) is 23.7 Å². The van der Waals surface area contributed by atoms with E-state index >= 15 is 0 Å². The number of allylic oxidation sites excluding steroid dienone is 3. The van der Waals surface area contributed by atoms with E-state index in [1.807, 2.05) is 13.8 Å². The predicted molar refractivity (Wildman–Crippen MR) is 181 cm³/mol. The average molecular weight is 725 g/mol. The first kappa shape index (κ1) is 35.3. The summed E-state index contributed by atoms with van der Waals surface area (Å²) in [6, 6.07) is 4.21. The summed E-state index contributed by atoms with van der Waals surface area (Å²) in [7, 11) is -4.10. The molecule has 0 radical (unpaired) electrons. The monoisotopic (exact) mass is 724 g/mol. The molecule has 2 saturated carbocycles. The van der Waals surface area contributed by atoms with E-state index < -0.39 is 46.7 Å². The number of aliphatic hydroxyl groups excluding tert-OH is 2. The first-order valence-electron chi connectivity index (χ1n) is 17.3. The van der Waals surface area contributed by atoms with Crippen LogP contribution in [-0.4, -0.2) is 96.9 Å². The molecule has 9 atom stereocenters. The van der Waals surface area contributed by atoms with Gasteiger partial charge in [0, 0.05) is 43.4 Å². The van der Waals surface area contributed by atoms with Crippen molar-refractivity contribution >= 4 is 36.7 Å². The SMILES string of the molecule is CC(C)CN(C[C@@H](O)C(CC1=CC(F)=CC(F)C1)NC(O)OC1C2CCC3CC1OC3OC2)S(=O)(=O)c1ccc2nc(NC3CC3)sc2c1. The van der Waals surface area contributed by atoms with Crippen molar-refractivity contribution in [1.29, 1.82) is 0 Å². The molecule has 15 heteroatoms. The lowest BCUT2D eigenvalue weighted by atomic mass is 9.94. The van der Waals surface area contributed by atoms with Gasteiger partial charge in [0.1, 0.15) is 12.0 Å². The van der Waals surface area contributed by atoms with Crippen LogP contribution in [0.4, 0.5) is 13.9 Å². The minimum Gasteiger partial charge on any atom is -0.390 e. The summed E-state index contributed by atoms with van der Waals surface area (Å²) in [4.78, 5) is 4.66. The van der Waals surface area contributed by atoms with E-state index in [1.54, 1.807) is 12.1 Å². The number of hydrogen-bond acceptors (Lipinski definition) is 11. The highest BCUT2D eigenvalue weighted by molar-refractivity contribution is 7.89. The van der Waals surface area contributed by atoms with Gasteiger partial charge in [-0.05, 0) is 74.8 Å². The molecule has 0 amide bonds. The maximum Gasteiger partial charge on any atom is 0.243 e. The number of ether oxygens (including phenoxy) is 3. The second-order valence-corrected chi connectivity index (χ2v) is 17.5. The highest BCUT2D eigenvalue weighted by atomic mass is 32.2. The molecule has 3 aliphatic carbocycles. The normalized spacial score (nSPS) is 30.4. The van der Waals surface area contributed by atoms with Gasteiger partial charge in [-0.3, -0.25) is 5.32 Å². The highest BCUT2D eigenvalue weighted by Crippen LogP contribution is 2.44. The van der Waals surface area contributed by atoms with Crippen LogP contribution in [0, 0.1) is 17.8 Å². The summed E-state index contributed by atoms with van der Waals surface area (Å²) in [5.74, 6) is -0.512. The van der Waals surface area contributed by atoms with Crippen molar-refractivity contribution in [1.82, 2.24) is 14.6 Å². The van der Waals surface area contributed by atoms with Crippen LogP contribution in [0.15, 0.2) is 46.6 Å². The number of anilines is 1. The third-order valence-corrected chi connectivity index (χ3v) is 12.8. The van der Waals surface area contributed by atoms with Crippen molar-refractivity contribution in [2.24, 2.45) is 17.8 Å². The van der Waals surface area contributed by atoms with Gasteiger partial charge in [0.05, 0.1) is 40.0 Å². The molecule has 2 aromatic rings. The third-order valence-electron chi connectivity index (χ3n) is 10.0. The number of hydrogen-bond donors (Lipinski definition) is 4. The Bertz CT molecular complexity index is 1650. The van der Waals surface area contributed by atoms with Crippen LogP contribution in [0.2, 0.25) is 0 Å². The van der Waals surface area contributed by atoms with Gasteiger partial charge in [-0.15, -0.1) is 0 Å². The van der Waals surface area contributed by atoms with Gasteiger partial charge < -0.3 is 29.7 Å². The van der Waals surface area contributed by atoms with Gasteiger partial charge >= 0.3 is 0 Å². The van der Waals surface area contributed by atoms with E-state index in [-0.39, 0.29) is 61.0 Å². The number of alkyl halides is 1. The molecule has 6 aliphatic rings. The predicted octanol–water partition coefficient (Wildman–Crippen LogP) is 4.58. The van der Waals surface area contributed by atoms with Crippen molar-refractivity contribution in [2.75, 3.05) is 25.0 Å². The van der Waals surface area contributed by atoms with Crippen molar-refractivity contribution < 1.29 is 41.6 Å². The molecule has 0 spiro atoms. The number of rotatable bonds is 15. The van der Waals surface area contributed by atoms with Crippen molar-refractivity contribution in [2.45, 2.75) is 113 Å². The quantitative estimate of drug-likeness (QED) is 0.193. The molecule has 4 heterocycles. The molecule has 4 bridgehead atoms. The highest BCUT2D eigenvalue weighted by Gasteiger charge is 2.50. The number of benzene rings is 1. The van der Waals surface area contributed by atoms with Gasteiger partial charge in [-0.25, -0.2) is 22.2 Å². The second kappa shape index (κ2) is 14.5. The first-order valence-corrected chi connectivity index (χ1v) is 19.6. The van der Waals surface area contributed by atoms with Crippen LogP contribution in [0.3, 0.4) is 0 Å². The fraction of sp³-hybridized carbons (Fsp3) is 0.676. The summed E-state index contributed by atoms with van der Waals surface area (Å²) in [6.45, 7) is 3.99. The Balaban J connectivity index is 1.10. The summed E-state index contributed by atoms with van der Waals surface area (Å²) >= 11 is 1.40. The number of sulfonamides is 1. The molecular formula is C34H46F2N4O7S2. The Morgan fingerprint density at radius 2 is 1.96 bits per heavy atom. The van der Waals surface area contributed by atoms with Gasteiger partial charge in [-0.1, -0.05) is 30.8 Å². The number of fused-ring (bicyclic) bond motifs is 3. The Hall–Kier alpha value is -2.08. The smallest absolute Gasteiger partial charge is 0.243 e. The largest absolute Gasteiger partial charge is 0.390 e. The standard InChI is InChI=1S/C34H46F2N4O7S2/c1-18(2)15-40(49(43,44)25-7-8-26-30(14-25)48-33(38-26)37-24-5-6-24)16-28(41)27(11-19-9-22(35)13-23(36)10-19)39-34(42)47-31-21-4-3-20-12-29(31)46-32(20)45-17-21/h7-9,13-14,18,20-21,23-24,27-29,31-32,34,39,41-42H,3-6,10-12,15-17H2,1-2H3,(H,37,38)/t20?,21?,23?,27?,28-,29?,31?,32?,34?/m1/s1. The topological polar surface area (TPSA) is 142 Å². The molecule has 3 aliphatic heterocycles. The molecule has 11 nitrogen and oxygen atoms in total. The zero-order valence-corrected chi connectivity index (χ0v) is 29.3. The Morgan fingerprint density at radius 3 is 2.71 bits per heavy atom. The minimum atomic E-state index is -4.10. The molecule has 8 rings (SSSR count). The van der Waals surface area contributed by atoms with E-state index in [9.17, 15) is 27.4 Å². The Labute approximate surface area is 289 Å². The lowest BCUT2D eigenvalue weighted by Gasteiger charge is -2.34. The summed E-state index contributed by atoms with van der Waals surface area (Å²) in [5.41, 5.74) is 1.07. The second-order valence-electron chi connectivity index (χ2n) is 14.6. The van der Waals surface area contributed by atoms with Gasteiger partial charge in [0.2, 0.25) is 16.4 Å². The van der Waals surface area contributed by atoms with Gasteiger partial charge in [0.15, 0.2) is 11.4 Å². The summed E-state index contributed by atoms with van der Waals surface area (Å²) < 4.78 is 77.0. The number of thiazole rings is 1. The van der Waals surface area contributed by atoms with Crippen molar-refractivity contribution in [3.05, 3.63) is 41.8 Å². The van der Waals surface area contributed by atoms with Crippen LogP contribution >= 0.6 is 11.3 Å². The van der Waals surface area contributed by atoms with Crippen molar-refractivity contribution in [3.63, 3.8) is 0 Å². The zero-order valence-electron chi connectivity index (χ0n) is 27.7. The van der Waals surface area contributed by atoms with Crippen LogP contribution in [0.25, 0.3) is 10.2 Å².